The SMILES string of the molecule is CC1=CCN(C)CCC1. The Kier molecular flexibility index (Phi) is 2.29. The monoisotopic (exact) mass is 125 g/mol. The summed E-state index contributed by atoms with van der Waals surface area (Å²) in [5.41, 5.74) is 1.55. The first-order valence-corrected chi connectivity index (χ1v) is 3.63. The van der Waals surface area contributed by atoms with Crippen molar-refractivity contribution in [3.8, 4) is 0 Å². The number of rotatable bonds is 0. The molecule has 1 nitrogen and oxygen atoms in total. The van der Waals surface area contributed by atoms with Gasteiger partial charge in [-0.1, -0.05) is 11.6 Å². The molecule has 0 fully saturated rings. The summed E-state index contributed by atoms with van der Waals surface area (Å²) in [6.45, 7) is 4.62. The second-order valence-electron chi connectivity index (χ2n) is 2.92. The molecular formula is C8H15N. The van der Waals surface area contributed by atoms with Gasteiger partial charge < -0.3 is 4.90 Å². The third-order valence-corrected chi connectivity index (χ3v) is 1.86. The minimum atomic E-state index is 1.14. The molecule has 0 bridgehead atoms. The molecule has 0 aromatic rings. The average molecular weight is 125 g/mol. The maximum Gasteiger partial charge on any atom is 0.0162 e. The van der Waals surface area contributed by atoms with Crippen molar-refractivity contribution in [3.05, 3.63) is 11.6 Å². The summed E-state index contributed by atoms with van der Waals surface area (Å²) in [5, 5.41) is 0. The molecule has 1 aliphatic rings. The van der Waals surface area contributed by atoms with E-state index >= 15 is 0 Å². The minimum absolute atomic E-state index is 1.14. The Morgan fingerprint density at radius 1 is 1.56 bits per heavy atom. The van der Waals surface area contributed by atoms with Gasteiger partial charge in [0.1, 0.15) is 0 Å². The van der Waals surface area contributed by atoms with Crippen LogP contribution >= 0.6 is 0 Å². The van der Waals surface area contributed by atoms with Gasteiger partial charge in [-0.25, -0.2) is 0 Å². The highest BCUT2D eigenvalue weighted by atomic mass is 15.1. The first kappa shape index (κ1) is 6.81. The molecule has 0 aromatic carbocycles. The molecule has 1 rings (SSSR count). The number of hydrogen-bond donors (Lipinski definition) is 0. The maximum atomic E-state index is 2.36. The Labute approximate surface area is 57.4 Å². The van der Waals surface area contributed by atoms with Gasteiger partial charge in [-0.05, 0) is 33.4 Å². The van der Waals surface area contributed by atoms with E-state index < -0.39 is 0 Å². The summed E-state index contributed by atoms with van der Waals surface area (Å²) >= 11 is 0. The van der Waals surface area contributed by atoms with Gasteiger partial charge in [-0.3, -0.25) is 0 Å². The van der Waals surface area contributed by atoms with Crippen LogP contribution in [0.5, 0.6) is 0 Å². The number of nitrogens with zero attached hydrogens (tertiary/aromatic N) is 1. The second kappa shape index (κ2) is 3.02. The van der Waals surface area contributed by atoms with Gasteiger partial charge in [0, 0.05) is 6.54 Å². The highest BCUT2D eigenvalue weighted by Crippen LogP contribution is 2.08. The van der Waals surface area contributed by atoms with Crippen molar-refractivity contribution in [1.82, 2.24) is 4.90 Å². The fourth-order valence-corrected chi connectivity index (χ4v) is 1.13. The molecule has 52 valence electrons. The van der Waals surface area contributed by atoms with Crippen molar-refractivity contribution in [1.29, 1.82) is 0 Å². The van der Waals surface area contributed by atoms with Crippen LogP contribution in [0.1, 0.15) is 19.8 Å². The Morgan fingerprint density at radius 2 is 2.33 bits per heavy atom. The molecule has 0 N–H and O–H groups in total. The highest BCUT2D eigenvalue weighted by Gasteiger charge is 2.00. The Hall–Kier alpha value is -0.300. The highest BCUT2D eigenvalue weighted by molar-refractivity contribution is 5.00. The van der Waals surface area contributed by atoms with E-state index in [0.29, 0.717) is 0 Å². The lowest BCUT2D eigenvalue weighted by atomic mass is 10.2. The van der Waals surface area contributed by atoms with E-state index in [-0.39, 0.29) is 0 Å². The second-order valence-corrected chi connectivity index (χ2v) is 2.92. The van der Waals surface area contributed by atoms with Crippen LogP contribution in [0.4, 0.5) is 0 Å². The normalized spacial score (nSPS) is 23.1. The van der Waals surface area contributed by atoms with Crippen molar-refractivity contribution in [3.63, 3.8) is 0 Å². The van der Waals surface area contributed by atoms with E-state index in [1.54, 1.807) is 5.57 Å². The lowest BCUT2D eigenvalue weighted by Gasteiger charge is -2.09. The standard InChI is InChI=1S/C8H15N/c1-8-4-3-6-9(2)7-5-8/h5H,3-4,6-7H2,1-2H3. The van der Waals surface area contributed by atoms with Gasteiger partial charge in [0.05, 0.1) is 0 Å². The van der Waals surface area contributed by atoms with Gasteiger partial charge in [0.2, 0.25) is 0 Å². The summed E-state index contributed by atoms with van der Waals surface area (Å²) in [7, 11) is 2.18. The van der Waals surface area contributed by atoms with E-state index in [0.717, 1.165) is 6.54 Å². The van der Waals surface area contributed by atoms with Crippen LogP contribution < -0.4 is 0 Å². The predicted octanol–water partition coefficient (Wildman–Crippen LogP) is 1.66. The molecule has 1 aliphatic heterocycles. The van der Waals surface area contributed by atoms with Gasteiger partial charge in [-0.2, -0.15) is 0 Å². The minimum Gasteiger partial charge on any atom is -0.303 e. The van der Waals surface area contributed by atoms with E-state index in [9.17, 15) is 0 Å². The van der Waals surface area contributed by atoms with Gasteiger partial charge in [0.15, 0.2) is 0 Å². The topological polar surface area (TPSA) is 3.24 Å². The van der Waals surface area contributed by atoms with Crippen molar-refractivity contribution >= 4 is 0 Å². The van der Waals surface area contributed by atoms with Gasteiger partial charge >= 0.3 is 0 Å². The first-order valence-electron chi connectivity index (χ1n) is 3.63. The molecule has 9 heavy (non-hydrogen) atoms. The molecule has 1 heterocycles. The molecule has 0 aliphatic carbocycles. The van der Waals surface area contributed by atoms with Crippen LogP contribution in [0, 0.1) is 0 Å². The molecule has 0 atom stereocenters. The fraction of sp³-hybridized carbons (Fsp3) is 0.750. The zero-order chi connectivity index (χ0) is 6.69. The van der Waals surface area contributed by atoms with Crippen molar-refractivity contribution in [2.45, 2.75) is 19.8 Å². The maximum absolute atomic E-state index is 2.36. The van der Waals surface area contributed by atoms with Gasteiger partial charge in [-0.15, -0.1) is 0 Å². The lowest BCUT2D eigenvalue weighted by molar-refractivity contribution is 0.372. The largest absolute Gasteiger partial charge is 0.303 e. The fourth-order valence-electron chi connectivity index (χ4n) is 1.13. The number of likely N-dealkylation sites (N-methyl/N-ethyl adjacent to an activating group) is 1. The Bertz CT molecular complexity index is 116. The third kappa shape index (κ3) is 2.19. The summed E-state index contributed by atoms with van der Waals surface area (Å²) < 4.78 is 0. The molecule has 0 spiro atoms. The summed E-state index contributed by atoms with van der Waals surface area (Å²) in [5.74, 6) is 0. The Balaban J connectivity index is 2.42. The third-order valence-electron chi connectivity index (χ3n) is 1.86. The summed E-state index contributed by atoms with van der Waals surface area (Å²) in [4.78, 5) is 2.36. The first-order chi connectivity index (χ1) is 4.29. The number of allylic oxidation sites excluding steroid dienone is 1. The smallest absolute Gasteiger partial charge is 0.0162 e. The molecular weight excluding hydrogens is 110 g/mol. The van der Waals surface area contributed by atoms with Crippen LogP contribution in [0.2, 0.25) is 0 Å². The van der Waals surface area contributed by atoms with E-state index in [1.165, 1.54) is 19.4 Å². The van der Waals surface area contributed by atoms with Gasteiger partial charge in [0.25, 0.3) is 0 Å². The van der Waals surface area contributed by atoms with Crippen LogP contribution in [-0.2, 0) is 0 Å². The molecule has 0 saturated carbocycles. The van der Waals surface area contributed by atoms with Crippen LogP contribution in [0.15, 0.2) is 11.6 Å². The summed E-state index contributed by atoms with van der Waals surface area (Å²) in [6, 6.07) is 0. The quantitative estimate of drug-likeness (QED) is 0.445. The molecule has 0 saturated heterocycles. The van der Waals surface area contributed by atoms with E-state index in [2.05, 4.69) is 24.9 Å². The van der Waals surface area contributed by atoms with E-state index in [4.69, 9.17) is 0 Å². The molecule has 0 unspecified atom stereocenters. The molecule has 1 heteroatoms. The molecule has 0 aromatic heterocycles. The number of hydrogen-bond acceptors (Lipinski definition) is 1. The lowest BCUT2D eigenvalue weighted by Crippen LogP contribution is -2.17. The van der Waals surface area contributed by atoms with Crippen molar-refractivity contribution in [2.24, 2.45) is 0 Å². The van der Waals surface area contributed by atoms with Crippen LogP contribution in [0.3, 0.4) is 0 Å². The van der Waals surface area contributed by atoms with Crippen molar-refractivity contribution in [2.75, 3.05) is 20.1 Å². The average Bonchev–Trinajstić information content (AvgIpc) is 1.97. The Morgan fingerprint density at radius 3 is 3.11 bits per heavy atom. The summed E-state index contributed by atoms with van der Waals surface area (Å²) in [6.07, 6.45) is 4.95. The molecule has 0 amide bonds. The van der Waals surface area contributed by atoms with Crippen molar-refractivity contribution < 1.29 is 0 Å². The zero-order valence-corrected chi connectivity index (χ0v) is 6.35. The van der Waals surface area contributed by atoms with Crippen LogP contribution in [0.25, 0.3) is 0 Å². The predicted molar refractivity (Wildman–Crippen MR) is 40.5 cm³/mol. The van der Waals surface area contributed by atoms with E-state index in [1.807, 2.05) is 0 Å². The van der Waals surface area contributed by atoms with Crippen LogP contribution in [-0.4, -0.2) is 25.0 Å². The zero-order valence-electron chi connectivity index (χ0n) is 6.35. The molecule has 0 radical (unpaired) electrons.